The van der Waals surface area contributed by atoms with Crippen LogP contribution < -0.4 is 30.1 Å². The monoisotopic (exact) mass is 206 g/mol. The van der Waals surface area contributed by atoms with Gasteiger partial charge in [0.2, 0.25) is 0 Å². The zero-order valence-corrected chi connectivity index (χ0v) is 8.89. The summed E-state index contributed by atoms with van der Waals surface area (Å²) in [6.07, 6.45) is 0. The smallest absolute Gasteiger partial charge is 1.00 e. The summed E-state index contributed by atoms with van der Waals surface area (Å²) in [5.41, 5.74) is 0. The molecule has 0 spiro atoms. The van der Waals surface area contributed by atoms with E-state index in [1.807, 2.05) is 6.07 Å². The molecule has 1 unspecified atom stereocenters. The third kappa shape index (κ3) is 4.56. The van der Waals surface area contributed by atoms with Gasteiger partial charge in [0.05, 0.1) is 0 Å². The molecule has 0 radical (unpaired) electrons. The summed E-state index contributed by atoms with van der Waals surface area (Å²) in [5, 5.41) is 1.40. The van der Waals surface area contributed by atoms with Gasteiger partial charge in [-0.05, 0) is 0 Å². The maximum atomic E-state index is 2.72. The molecule has 0 aliphatic rings. The fourth-order valence-corrected chi connectivity index (χ4v) is 1.50. The van der Waals surface area contributed by atoms with Crippen molar-refractivity contribution in [1.82, 2.24) is 0 Å². The molecule has 0 aromatic heterocycles. The van der Waals surface area contributed by atoms with Crippen LogP contribution in [0.15, 0.2) is 30.3 Å². The number of hydrogen-bond acceptors (Lipinski definition) is 0. The number of benzene rings is 1. The minimum Gasteiger partial charge on any atom is -1.00 e. The van der Waals surface area contributed by atoms with E-state index < -0.39 is 0 Å². The van der Waals surface area contributed by atoms with E-state index in [2.05, 4.69) is 40.1 Å². The Labute approximate surface area is 83.4 Å². The summed E-state index contributed by atoms with van der Waals surface area (Å²) in [7, 11) is 0.847. The third-order valence-corrected chi connectivity index (χ3v) is 2.61. The first kappa shape index (κ1) is 13.4. The summed E-state index contributed by atoms with van der Waals surface area (Å²) in [5.74, 6) is 0. The van der Waals surface area contributed by atoms with Gasteiger partial charge in [0.25, 0.3) is 0 Å². The van der Waals surface area contributed by atoms with E-state index in [1.54, 1.807) is 0 Å². The van der Waals surface area contributed by atoms with Crippen molar-refractivity contribution in [3.05, 3.63) is 30.3 Å². The van der Waals surface area contributed by atoms with E-state index in [-0.39, 0.29) is 24.8 Å². The Morgan fingerprint density at radius 3 is 1.80 bits per heavy atom. The molecule has 0 heterocycles. The van der Waals surface area contributed by atoms with E-state index in [1.165, 1.54) is 5.30 Å². The van der Waals surface area contributed by atoms with Gasteiger partial charge in [0.15, 0.2) is 0 Å². The van der Waals surface area contributed by atoms with Crippen LogP contribution in [-0.2, 0) is 0 Å². The van der Waals surface area contributed by atoms with Crippen LogP contribution in [0.4, 0.5) is 0 Å². The van der Waals surface area contributed by atoms with Crippen molar-refractivity contribution in [2.45, 2.75) is 0 Å². The molecule has 4 heteroatoms. The van der Waals surface area contributed by atoms with Crippen LogP contribution in [0, 0.1) is 0 Å². The predicted octanol–water partition coefficient (Wildman–Crippen LogP) is -4.92. The Balaban J connectivity index is 0. The largest absolute Gasteiger partial charge is 1.00 e. The van der Waals surface area contributed by atoms with Gasteiger partial charge in [0.1, 0.15) is 0 Å². The molecular formula is C6H6AlCl2P. The second-order valence-corrected chi connectivity index (χ2v) is 3.24. The zero-order valence-electron chi connectivity index (χ0n) is 5.22. The van der Waals surface area contributed by atoms with Crippen LogP contribution in [-0.4, -0.2) is 15.8 Å². The van der Waals surface area contributed by atoms with Crippen molar-refractivity contribution < 1.29 is 24.8 Å². The SMILES string of the molecule is [Al+2][PH]c1ccccc1.[Cl-].[Cl-]. The molecule has 0 saturated carbocycles. The van der Waals surface area contributed by atoms with Crippen molar-refractivity contribution in [2.24, 2.45) is 0 Å². The zero-order chi connectivity index (χ0) is 5.82. The summed E-state index contributed by atoms with van der Waals surface area (Å²) in [4.78, 5) is 0. The van der Waals surface area contributed by atoms with Crippen molar-refractivity contribution >= 4 is 28.4 Å². The van der Waals surface area contributed by atoms with E-state index in [4.69, 9.17) is 0 Å². The number of rotatable bonds is 1. The molecule has 1 atom stereocenters. The topological polar surface area (TPSA) is 0 Å². The Morgan fingerprint density at radius 2 is 1.50 bits per heavy atom. The molecule has 52 valence electrons. The fraction of sp³-hybridized carbons (Fsp3) is 0. The average molecular weight is 207 g/mol. The second kappa shape index (κ2) is 7.86. The molecule has 0 aliphatic carbocycles. The van der Waals surface area contributed by atoms with Crippen LogP contribution >= 0.6 is 7.23 Å². The van der Waals surface area contributed by atoms with Gasteiger partial charge < -0.3 is 24.8 Å². The molecule has 0 bridgehead atoms. The van der Waals surface area contributed by atoms with Crippen molar-refractivity contribution in [3.8, 4) is 0 Å². The minimum absolute atomic E-state index is 0. The molecule has 0 fully saturated rings. The van der Waals surface area contributed by atoms with Crippen LogP contribution in [0.3, 0.4) is 0 Å². The van der Waals surface area contributed by atoms with Gasteiger partial charge in [-0.1, -0.05) is 0 Å². The molecular weight excluding hydrogens is 201 g/mol. The van der Waals surface area contributed by atoms with Crippen LogP contribution in [0.25, 0.3) is 0 Å². The van der Waals surface area contributed by atoms with Gasteiger partial charge >= 0.3 is 58.7 Å². The molecule has 10 heavy (non-hydrogen) atoms. The number of halogens is 2. The Hall–Kier alpha value is 0.762. The summed E-state index contributed by atoms with van der Waals surface area (Å²) >= 11 is 2.72. The van der Waals surface area contributed by atoms with E-state index >= 15 is 0 Å². The van der Waals surface area contributed by atoms with Crippen LogP contribution in [0.1, 0.15) is 0 Å². The second-order valence-electron chi connectivity index (χ2n) is 1.51. The summed E-state index contributed by atoms with van der Waals surface area (Å²) < 4.78 is 0. The first-order chi connectivity index (χ1) is 3.93. The molecule has 0 aliphatic heterocycles. The van der Waals surface area contributed by atoms with Gasteiger partial charge in [-0.2, -0.15) is 0 Å². The van der Waals surface area contributed by atoms with Gasteiger partial charge in [-0.3, -0.25) is 0 Å². The fourth-order valence-electron chi connectivity index (χ4n) is 0.534. The van der Waals surface area contributed by atoms with Crippen molar-refractivity contribution in [3.63, 3.8) is 0 Å². The molecule has 0 nitrogen and oxygen atoms in total. The molecule has 1 aromatic rings. The predicted molar refractivity (Wildman–Crippen MR) is 40.1 cm³/mol. The van der Waals surface area contributed by atoms with E-state index in [0.717, 1.165) is 7.23 Å². The van der Waals surface area contributed by atoms with Crippen LogP contribution in [0.2, 0.25) is 0 Å². The normalized spacial score (nSPS) is 8.60. The quantitative estimate of drug-likeness (QED) is 0.320. The standard InChI is InChI=1S/C6H6P.Al.2ClH/c7-6-4-2-1-3-5-6;;;/h1-5,7H;;2*1H/q-1;+3;;/p-2. The Kier molecular flexibility index (Phi) is 10.5. The van der Waals surface area contributed by atoms with Crippen molar-refractivity contribution in [1.29, 1.82) is 0 Å². The first-order valence-corrected chi connectivity index (χ1v) is 5.26. The Morgan fingerprint density at radius 1 is 1.00 bits per heavy atom. The Bertz CT molecular complexity index is 157. The summed E-state index contributed by atoms with van der Waals surface area (Å²) in [6.45, 7) is 0. The maximum Gasteiger partial charge on any atom is -1.00 e. The van der Waals surface area contributed by atoms with Gasteiger partial charge in [-0.25, -0.2) is 0 Å². The molecule has 1 rings (SSSR count). The van der Waals surface area contributed by atoms with Crippen molar-refractivity contribution in [2.75, 3.05) is 0 Å². The maximum absolute atomic E-state index is 2.72. The van der Waals surface area contributed by atoms with E-state index in [0.29, 0.717) is 0 Å². The third-order valence-electron chi connectivity index (χ3n) is 0.940. The first-order valence-electron chi connectivity index (χ1n) is 2.45. The van der Waals surface area contributed by atoms with Gasteiger partial charge in [0, 0.05) is 0 Å². The average Bonchev–Trinajstić information content (AvgIpc) is 1.90. The molecule has 1 aromatic carbocycles. The van der Waals surface area contributed by atoms with Crippen LogP contribution in [0.5, 0.6) is 0 Å². The number of hydrogen-bond donors (Lipinski definition) is 0. The molecule has 0 saturated heterocycles. The molecule has 0 amide bonds. The van der Waals surface area contributed by atoms with E-state index in [9.17, 15) is 0 Å². The minimum atomic E-state index is 0. The summed E-state index contributed by atoms with van der Waals surface area (Å²) in [6, 6.07) is 10.4. The van der Waals surface area contributed by atoms with Gasteiger partial charge in [-0.15, -0.1) is 0 Å². The molecule has 0 N–H and O–H groups in total.